The predicted octanol–water partition coefficient (Wildman–Crippen LogP) is 3.96. The van der Waals surface area contributed by atoms with E-state index in [1.807, 2.05) is 64.2 Å². The van der Waals surface area contributed by atoms with E-state index in [1.165, 1.54) is 24.7 Å². The smallest absolute Gasteiger partial charge is 0.310 e. The van der Waals surface area contributed by atoms with E-state index in [2.05, 4.69) is 56.7 Å². The van der Waals surface area contributed by atoms with Crippen LogP contribution in [0.3, 0.4) is 0 Å². The Morgan fingerprint density at radius 1 is 0.444 bits per heavy atom. The van der Waals surface area contributed by atoms with Gasteiger partial charge < -0.3 is 5.32 Å². The summed E-state index contributed by atoms with van der Waals surface area (Å²) in [4.78, 5) is 0. The monoisotopic (exact) mass is 439 g/mol. The average molecular weight is 439 g/mol. The van der Waals surface area contributed by atoms with E-state index in [1.54, 1.807) is 0 Å². The van der Waals surface area contributed by atoms with E-state index in [0.717, 1.165) is 0 Å². The van der Waals surface area contributed by atoms with Gasteiger partial charge in [-0.05, 0) is 128 Å². The summed E-state index contributed by atoms with van der Waals surface area (Å²) < 4.78 is 0. The van der Waals surface area contributed by atoms with Gasteiger partial charge in [-0.25, -0.2) is 0 Å². The number of hydrogen-bond acceptors (Lipinski definition) is 1. The minimum atomic E-state index is 0. The van der Waals surface area contributed by atoms with Crippen molar-refractivity contribution in [3.05, 3.63) is 127 Å². The van der Waals surface area contributed by atoms with Crippen molar-refractivity contribution in [1.29, 1.82) is 0 Å². The molecule has 0 spiro atoms. The summed E-state index contributed by atoms with van der Waals surface area (Å²) in [7, 11) is 0. The average Bonchev–Trinajstić information content (AvgIpc) is 3.51. The van der Waals surface area contributed by atoms with E-state index in [-0.39, 0.29) is 34.1 Å². The van der Waals surface area contributed by atoms with Crippen LogP contribution in [-0.4, -0.2) is 12.1 Å². The van der Waals surface area contributed by atoms with Crippen molar-refractivity contribution >= 4 is 0 Å². The van der Waals surface area contributed by atoms with E-state index < -0.39 is 0 Å². The molecule has 3 heteroatoms. The first-order chi connectivity index (χ1) is 12.4. The minimum absolute atomic E-state index is 0. The Bertz CT molecular complexity index is 282. The van der Waals surface area contributed by atoms with E-state index in [4.69, 9.17) is 0 Å². The van der Waals surface area contributed by atoms with E-state index in [0.29, 0.717) is 12.1 Å². The van der Waals surface area contributed by atoms with Gasteiger partial charge in [-0.2, -0.15) is 0 Å². The molecule has 0 bridgehead atoms. The first-order valence-corrected chi connectivity index (χ1v) is 8.96. The first kappa shape index (κ1) is 26.0. The van der Waals surface area contributed by atoms with Gasteiger partial charge in [0.05, 0.1) is 0 Å². The van der Waals surface area contributed by atoms with Gasteiger partial charge in [0.2, 0.25) is 0 Å². The maximum absolute atomic E-state index is 3.70. The Labute approximate surface area is 191 Å². The van der Waals surface area contributed by atoms with Gasteiger partial charge in [0.1, 0.15) is 0 Å². The van der Waals surface area contributed by atoms with Gasteiger partial charge in [-0.15, -0.1) is 0 Å². The zero-order valence-corrected chi connectivity index (χ0v) is 17.4. The molecule has 4 saturated carbocycles. The summed E-state index contributed by atoms with van der Waals surface area (Å²) in [5.41, 5.74) is 0. The second-order valence-electron chi connectivity index (χ2n) is 6.21. The summed E-state index contributed by atoms with van der Waals surface area (Å²) in [5, 5.41) is 3.70. The van der Waals surface area contributed by atoms with Gasteiger partial charge in [0, 0.05) is 23.9 Å². The van der Waals surface area contributed by atoms with Gasteiger partial charge >= 0.3 is 34.1 Å². The first-order valence-electron chi connectivity index (χ1n) is 8.96. The Morgan fingerprint density at radius 2 is 0.704 bits per heavy atom. The summed E-state index contributed by atoms with van der Waals surface area (Å²) in [5.74, 6) is 2.87. The van der Waals surface area contributed by atoms with Crippen LogP contribution in [0.25, 0.3) is 0 Å². The molecule has 4 aliphatic carbocycles. The van der Waals surface area contributed by atoms with E-state index in [9.17, 15) is 0 Å². The second-order valence-corrected chi connectivity index (χ2v) is 6.21. The molecule has 2 atom stereocenters. The fourth-order valence-electron chi connectivity index (χ4n) is 3.15. The molecular formula is C24H25Fe2N+4. The van der Waals surface area contributed by atoms with Crippen LogP contribution in [0, 0.1) is 127 Å². The fourth-order valence-corrected chi connectivity index (χ4v) is 3.15. The molecule has 5 rings (SSSR count). The molecule has 1 saturated heterocycles. The quantitative estimate of drug-likeness (QED) is 0.643. The Hall–Kier alpha value is 0.999. The molecule has 1 N–H and O–H groups in total. The topological polar surface area (TPSA) is 12.0 Å². The van der Waals surface area contributed by atoms with Crippen molar-refractivity contribution in [2.75, 3.05) is 0 Å². The molecule has 5 fully saturated rings. The van der Waals surface area contributed by atoms with Crippen molar-refractivity contribution in [1.82, 2.24) is 5.32 Å². The van der Waals surface area contributed by atoms with Crippen LogP contribution in [0.1, 0.15) is 12.8 Å². The number of rotatable bonds is 2. The number of nitrogens with one attached hydrogen (secondary N) is 1. The van der Waals surface area contributed by atoms with Crippen LogP contribution >= 0.6 is 0 Å². The largest absolute Gasteiger partial charge is 2.00 e. The standard InChI is InChI=1S/C14H15N.2C5H5.2Fe/c1-2-6-11(5-1)13-9-10-14(15-13)12-7-3-4-8-12;2*1-2-4-5-3-1;;/h1-8,13-15H,9-10H2;2*1-5H;;/q;;;2*+2/t13-,14-;;;;/m1..../s1. The van der Waals surface area contributed by atoms with Crippen molar-refractivity contribution in [2.45, 2.75) is 24.9 Å². The molecule has 5 aliphatic rings. The van der Waals surface area contributed by atoms with Gasteiger partial charge in [0.25, 0.3) is 0 Å². The molecule has 0 aromatic carbocycles. The zero-order chi connectivity index (χ0) is 17.2. The molecule has 1 nitrogen and oxygen atoms in total. The van der Waals surface area contributed by atoms with Gasteiger partial charge in [-0.3, -0.25) is 0 Å². The molecule has 0 unspecified atom stereocenters. The molecule has 138 valence electrons. The molecule has 0 amide bonds. The van der Waals surface area contributed by atoms with Gasteiger partial charge in [0.15, 0.2) is 0 Å². The van der Waals surface area contributed by atoms with Gasteiger partial charge in [-0.1, -0.05) is 0 Å². The molecular weight excluding hydrogens is 414 g/mol. The zero-order valence-electron chi connectivity index (χ0n) is 15.2. The molecule has 0 aromatic heterocycles. The molecule has 1 heterocycles. The van der Waals surface area contributed by atoms with Crippen LogP contribution in [0.4, 0.5) is 0 Å². The maximum Gasteiger partial charge on any atom is 2.00 e. The van der Waals surface area contributed by atoms with Crippen molar-refractivity contribution < 1.29 is 34.1 Å². The summed E-state index contributed by atoms with van der Waals surface area (Å²) >= 11 is 0. The third-order valence-corrected chi connectivity index (χ3v) is 4.44. The Morgan fingerprint density at radius 3 is 0.963 bits per heavy atom. The number of hydrogen-bond donors (Lipinski definition) is 1. The molecule has 27 heavy (non-hydrogen) atoms. The van der Waals surface area contributed by atoms with Crippen LogP contribution in [0.5, 0.6) is 0 Å². The van der Waals surface area contributed by atoms with Crippen molar-refractivity contribution in [3.8, 4) is 0 Å². The van der Waals surface area contributed by atoms with Crippen LogP contribution in [0.2, 0.25) is 0 Å². The van der Waals surface area contributed by atoms with E-state index >= 15 is 0 Å². The molecule has 20 radical (unpaired) electrons. The third-order valence-electron chi connectivity index (χ3n) is 4.44. The summed E-state index contributed by atoms with van der Waals surface area (Å²) in [6, 6.07) is 1.11. The fraction of sp³-hybridized carbons (Fsp3) is 0.167. The van der Waals surface area contributed by atoms with Crippen LogP contribution < -0.4 is 5.32 Å². The minimum Gasteiger partial charge on any atom is -0.310 e. The SMILES string of the molecule is [CH]1[CH][CH][CH][CH]1.[CH]1[CH][CH][CH][CH]1.[CH]1[CH][CH][C]([C@H]2CC[C@H]([C]3[CH][CH][CH][CH]3)N2)[CH]1.[Fe+2].[Fe+2]. The maximum atomic E-state index is 3.70. The third kappa shape index (κ3) is 9.57. The normalized spacial score (nSPS) is 30.7. The molecule has 1 aliphatic heterocycles. The van der Waals surface area contributed by atoms with Crippen molar-refractivity contribution in [2.24, 2.45) is 0 Å². The Balaban J connectivity index is 0.000000253. The van der Waals surface area contributed by atoms with Crippen molar-refractivity contribution in [3.63, 3.8) is 0 Å². The predicted molar refractivity (Wildman–Crippen MR) is 104 cm³/mol. The Kier molecular flexibility index (Phi) is 15.2. The van der Waals surface area contributed by atoms with Crippen LogP contribution in [0.15, 0.2) is 0 Å². The molecule has 0 aromatic rings. The summed E-state index contributed by atoms with van der Waals surface area (Å²) in [6.07, 6.45) is 39.8. The van der Waals surface area contributed by atoms with Crippen LogP contribution in [-0.2, 0) is 34.1 Å². The summed E-state index contributed by atoms with van der Waals surface area (Å²) in [6.45, 7) is 0. The second kappa shape index (κ2) is 15.8.